The van der Waals surface area contributed by atoms with E-state index in [9.17, 15) is 15.2 Å². The first-order chi connectivity index (χ1) is 9.15. The van der Waals surface area contributed by atoms with Crippen LogP contribution in [0, 0.1) is 10.1 Å². The summed E-state index contributed by atoms with van der Waals surface area (Å²) in [6.07, 6.45) is 2.78. The normalized spacial score (nSPS) is 21.9. The highest BCUT2D eigenvalue weighted by molar-refractivity contribution is 5.96. The van der Waals surface area contributed by atoms with E-state index in [2.05, 4.69) is 10.3 Å². The number of hydrogen-bond acceptors (Lipinski definition) is 5. The van der Waals surface area contributed by atoms with Gasteiger partial charge in [-0.2, -0.15) is 0 Å². The summed E-state index contributed by atoms with van der Waals surface area (Å²) < 4.78 is 0. The van der Waals surface area contributed by atoms with Crippen LogP contribution in [0.1, 0.15) is 12.8 Å². The number of benzene rings is 1. The number of nitro benzene ring substituents is 1. The Hall–Kier alpha value is -2.21. The molecule has 0 amide bonds. The third-order valence-corrected chi connectivity index (χ3v) is 3.42. The number of non-ortho nitro benzene ring substituents is 1. The molecule has 0 spiro atoms. The summed E-state index contributed by atoms with van der Waals surface area (Å²) in [5.74, 6) is 0. The fourth-order valence-electron chi connectivity index (χ4n) is 2.36. The molecule has 0 bridgehead atoms. The molecule has 1 fully saturated rings. The predicted molar refractivity (Wildman–Crippen MR) is 71.0 cm³/mol. The lowest BCUT2D eigenvalue weighted by Crippen LogP contribution is -2.39. The number of aliphatic hydroxyl groups excluding tert-OH is 1. The minimum absolute atomic E-state index is 0.0577. The Morgan fingerprint density at radius 2 is 2.16 bits per heavy atom. The van der Waals surface area contributed by atoms with Gasteiger partial charge in [-0.3, -0.25) is 15.1 Å². The Kier molecular flexibility index (Phi) is 2.79. The van der Waals surface area contributed by atoms with Gasteiger partial charge in [-0.05, 0) is 31.0 Å². The number of aliphatic hydroxyl groups is 1. The lowest BCUT2D eigenvalue weighted by atomic mass is 9.89. The summed E-state index contributed by atoms with van der Waals surface area (Å²) in [5, 5.41) is 24.1. The highest BCUT2D eigenvalue weighted by Gasteiger charge is 2.27. The van der Waals surface area contributed by atoms with E-state index < -0.39 is 4.92 Å². The van der Waals surface area contributed by atoms with E-state index in [0.717, 1.165) is 5.69 Å². The van der Waals surface area contributed by atoms with E-state index >= 15 is 0 Å². The van der Waals surface area contributed by atoms with Crippen LogP contribution >= 0.6 is 0 Å². The largest absolute Gasteiger partial charge is 0.393 e. The van der Waals surface area contributed by atoms with Crippen molar-refractivity contribution in [2.45, 2.75) is 25.0 Å². The Morgan fingerprint density at radius 3 is 2.84 bits per heavy atom. The van der Waals surface area contributed by atoms with Gasteiger partial charge in [0.2, 0.25) is 0 Å². The summed E-state index contributed by atoms with van der Waals surface area (Å²) in [5.41, 5.74) is 1.43. The van der Waals surface area contributed by atoms with Gasteiger partial charge in [0.25, 0.3) is 5.69 Å². The Balaban J connectivity index is 2.01. The summed E-state index contributed by atoms with van der Waals surface area (Å²) in [7, 11) is 0. The lowest BCUT2D eigenvalue weighted by molar-refractivity contribution is -0.383. The topological polar surface area (TPSA) is 88.3 Å². The van der Waals surface area contributed by atoms with Gasteiger partial charge in [-0.15, -0.1) is 0 Å². The molecular weight excluding hydrogens is 246 g/mol. The number of aromatic nitrogens is 1. The quantitative estimate of drug-likeness (QED) is 0.650. The van der Waals surface area contributed by atoms with Crippen molar-refractivity contribution >= 4 is 22.3 Å². The monoisotopic (exact) mass is 259 g/mol. The average molecular weight is 259 g/mol. The highest BCUT2D eigenvalue weighted by Crippen LogP contribution is 2.32. The first-order valence-corrected chi connectivity index (χ1v) is 6.12. The van der Waals surface area contributed by atoms with E-state index in [1.165, 1.54) is 6.07 Å². The molecule has 0 saturated heterocycles. The first-order valence-electron chi connectivity index (χ1n) is 6.12. The fraction of sp³-hybridized carbons (Fsp3) is 0.308. The second-order valence-corrected chi connectivity index (χ2v) is 4.76. The van der Waals surface area contributed by atoms with Gasteiger partial charge in [0.15, 0.2) is 0 Å². The van der Waals surface area contributed by atoms with E-state index in [1.54, 1.807) is 24.4 Å². The van der Waals surface area contributed by atoms with Crippen molar-refractivity contribution < 1.29 is 10.0 Å². The molecule has 1 aliphatic carbocycles. The molecule has 1 heterocycles. The number of pyridine rings is 1. The number of nitrogens with one attached hydrogen (secondary N) is 1. The minimum Gasteiger partial charge on any atom is -0.393 e. The summed E-state index contributed by atoms with van der Waals surface area (Å²) in [4.78, 5) is 14.8. The van der Waals surface area contributed by atoms with E-state index in [4.69, 9.17) is 0 Å². The number of fused-ring (bicyclic) bond motifs is 1. The van der Waals surface area contributed by atoms with Crippen LogP contribution in [-0.2, 0) is 0 Å². The van der Waals surface area contributed by atoms with Crippen LogP contribution in [0.5, 0.6) is 0 Å². The maximum atomic E-state index is 11.0. The van der Waals surface area contributed by atoms with Gasteiger partial charge in [-0.25, -0.2) is 0 Å². The van der Waals surface area contributed by atoms with Crippen molar-refractivity contribution in [1.82, 2.24) is 4.98 Å². The lowest BCUT2D eigenvalue weighted by Gasteiger charge is -2.32. The zero-order valence-corrected chi connectivity index (χ0v) is 10.1. The van der Waals surface area contributed by atoms with Crippen LogP contribution < -0.4 is 5.32 Å². The molecule has 3 rings (SSSR count). The smallest absolute Gasteiger partial charge is 0.278 e. The fourth-order valence-corrected chi connectivity index (χ4v) is 2.36. The van der Waals surface area contributed by atoms with Crippen molar-refractivity contribution in [1.29, 1.82) is 0 Å². The molecule has 2 N–H and O–H groups in total. The SMILES string of the molecule is O=[N+]([O-])c1ccc(NC2CC(O)C2)c2ncccc12. The Bertz CT molecular complexity index is 638. The van der Waals surface area contributed by atoms with Crippen LogP contribution in [0.15, 0.2) is 30.5 Å². The highest BCUT2D eigenvalue weighted by atomic mass is 16.6. The van der Waals surface area contributed by atoms with Crippen LogP contribution in [-0.4, -0.2) is 27.2 Å². The summed E-state index contributed by atoms with van der Waals surface area (Å²) in [6.45, 7) is 0. The maximum absolute atomic E-state index is 11.0. The van der Waals surface area contributed by atoms with Gasteiger partial charge in [-0.1, -0.05) is 0 Å². The molecule has 6 heteroatoms. The molecule has 1 aliphatic rings. The Labute approximate surface area is 109 Å². The zero-order chi connectivity index (χ0) is 13.4. The minimum atomic E-state index is -0.402. The van der Waals surface area contributed by atoms with Gasteiger partial charge < -0.3 is 10.4 Å². The molecule has 0 unspecified atom stereocenters. The third kappa shape index (κ3) is 2.10. The summed E-state index contributed by atoms with van der Waals surface area (Å²) >= 11 is 0. The number of nitrogens with zero attached hydrogens (tertiary/aromatic N) is 2. The molecule has 6 nitrogen and oxygen atoms in total. The number of nitro groups is 1. The molecule has 0 radical (unpaired) electrons. The van der Waals surface area contributed by atoms with Crippen molar-refractivity contribution in [3.05, 3.63) is 40.6 Å². The third-order valence-electron chi connectivity index (χ3n) is 3.42. The summed E-state index contributed by atoms with van der Waals surface area (Å²) in [6, 6.07) is 6.76. The van der Waals surface area contributed by atoms with Crippen molar-refractivity contribution in [2.24, 2.45) is 0 Å². The molecule has 2 aromatic rings. The van der Waals surface area contributed by atoms with Crippen molar-refractivity contribution in [3.63, 3.8) is 0 Å². The second-order valence-electron chi connectivity index (χ2n) is 4.76. The zero-order valence-electron chi connectivity index (χ0n) is 10.1. The van der Waals surface area contributed by atoms with Crippen molar-refractivity contribution in [3.8, 4) is 0 Å². The van der Waals surface area contributed by atoms with E-state index in [0.29, 0.717) is 23.7 Å². The molecule has 1 aromatic carbocycles. The second kappa shape index (κ2) is 4.47. The van der Waals surface area contributed by atoms with Crippen molar-refractivity contribution in [2.75, 3.05) is 5.32 Å². The van der Waals surface area contributed by atoms with Gasteiger partial charge in [0, 0.05) is 18.3 Å². The average Bonchev–Trinajstić information content (AvgIpc) is 2.36. The standard InChI is InChI=1S/C13H13N3O3/c17-9-6-8(7-9)15-11-3-4-12(16(18)19)10-2-1-5-14-13(10)11/h1-5,8-9,15,17H,6-7H2. The molecule has 1 saturated carbocycles. The van der Waals surface area contributed by atoms with Crippen LogP contribution in [0.2, 0.25) is 0 Å². The molecule has 0 aliphatic heterocycles. The number of anilines is 1. The van der Waals surface area contributed by atoms with Crippen LogP contribution in [0.25, 0.3) is 10.9 Å². The molecule has 1 aromatic heterocycles. The van der Waals surface area contributed by atoms with E-state index in [1.807, 2.05) is 0 Å². The molecule has 19 heavy (non-hydrogen) atoms. The van der Waals surface area contributed by atoms with E-state index in [-0.39, 0.29) is 17.8 Å². The first kappa shape index (κ1) is 11.9. The number of rotatable bonds is 3. The maximum Gasteiger partial charge on any atom is 0.278 e. The van der Waals surface area contributed by atoms with Crippen LogP contribution in [0.3, 0.4) is 0 Å². The van der Waals surface area contributed by atoms with Crippen LogP contribution in [0.4, 0.5) is 11.4 Å². The molecule has 0 atom stereocenters. The Morgan fingerprint density at radius 1 is 1.37 bits per heavy atom. The molecular formula is C13H13N3O3. The number of hydrogen-bond donors (Lipinski definition) is 2. The van der Waals surface area contributed by atoms with Gasteiger partial charge >= 0.3 is 0 Å². The predicted octanol–water partition coefficient (Wildman–Crippen LogP) is 2.08. The van der Waals surface area contributed by atoms with Gasteiger partial charge in [0.05, 0.1) is 22.1 Å². The van der Waals surface area contributed by atoms with Gasteiger partial charge in [0.1, 0.15) is 5.52 Å². The molecule has 98 valence electrons.